The van der Waals surface area contributed by atoms with Crippen LogP contribution in [0, 0.1) is 0 Å². The molecule has 2 aliphatic heterocycles. The molecule has 3 heterocycles. The lowest BCUT2D eigenvalue weighted by molar-refractivity contribution is -0.148. The van der Waals surface area contributed by atoms with Gasteiger partial charge in [-0.3, -0.25) is 9.69 Å². The van der Waals surface area contributed by atoms with Gasteiger partial charge in [0.2, 0.25) is 5.91 Å². The summed E-state index contributed by atoms with van der Waals surface area (Å²) in [6.45, 7) is 9.24. The monoisotopic (exact) mass is 434 g/mol. The second kappa shape index (κ2) is 8.65. The summed E-state index contributed by atoms with van der Waals surface area (Å²) in [6, 6.07) is 0.633. The van der Waals surface area contributed by atoms with Crippen molar-refractivity contribution in [3.8, 4) is 0 Å². The first kappa shape index (κ1) is 22.1. The molecule has 0 saturated carbocycles. The van der Waals surface area contributed by atoms with Crippen LogP contribution in [0.4, 0.5) is 19.0 Å². The van der Waals surface area contributed by atoms with Crippen LogP contribution in [0.3, 0.4) is 0 Å². The summed E-state index contributed by atoms with van der Waals surface area (Å²) in [7, 11) is 0. The number of alkyl halides is 3. The lowest BCUT2D eigenvalue weighted by atomic mass is 10.1. The molecule has 0 spiro atoms. The number of nitrogens with zero attached hydrogens (tertiary/aromatic N) is 4. The molecule has 2 aliphatic rings. The summed E-state index contributed by atoms with van der Waals surface area (Å²) < 4.78 is 44.1. The molecule has 3 atom stereocenters. The van der Waals surface area contributed by atoms with E-state index < -0.39 is 11.7 Å². The normalized spacial score (nSPS) is 25.2. The second-order valence-corrected chi connectivity index (χ2v) is 8.13. The van der Waals surface area contributed by atoms with E-state index in [-0.39, 0.29) is 29.2 Å². The number of anilines is 1. The van der Waals surface area contributed by atoms with Gasteiger partial charge in [0.15, 0.2) is 0 Å². The standard InChI is InChI=1S/C19H26ClF3N4O2/c1-12-10-27(11-13(2)29-12)18(28)14(3)25-4-6-26(7-5-25)17-16(20)8-15(9-24-17)19(21,22)23/h8-9,12-14H,4-7,10-11H2,1-3H3/t12-,13+,14-/m0/s1. The minimum absolute atomic E-state index is 0.0135. The van der Waals surface area contributed by atoms with Gasteiger partial charge in [0, 0.05) is 45.5 Å². The average molecular weight is 435 g/mol. The van der Waals surface area contributed by atoms with Crippen molar-refractivity contribution in [2.24, 2.45) is 0 Å². The van der Waals surface area contributed by atoms with Gasteiger partial charge >= 0.3 is 6.18 Å². The predicted octanol–water partition coefficient (Wildman–Crippen LogP) is 2.90. The maximum Gasteiger partial charge on any atom is 0.417 e. The van der Waals surface area contributed by atoms with Gasteiger partial charge < -0.3 is 14.5 Å². The second-order valence-electron chi connectivity index (χ2n) is 7.73. The highest BCUT2D eigenvalue weighted by atomic mass is 35.5. The van der Waals surface area contributed by atoms with Crippen LogP contribution in [0.1, 0.15) is 26.3 Å². The first-order chi connectivity index (χ1) is 13.6. The van der Waals surface area contributed by atoms with Crippen LogP contribution < -0.4 is 4.90 Å². The topological polar surface area (TPSA) is 48.9 Å². The fraction of sp³-hybridized carbons (Fsp3) is 0.684. The SMILES string of the molecule is C[C@@H]1CN(C(=O)[C@H](C)N2CCN(c3ncc(C(F)(F)F)cc3Cl)CC2)C[C@H](C)O1. The summed E-state index contributed by atoms with van der Waals surface area (Å²) in [5.74, 6) is 0.417. The summed E-state index contributed by atoms with van der Waals surface area (Å²) in [4.78, 5) is 22.6. The van der Waals surface area contributed by atoms with Crippen LogP contribution in [0.25, 0.3) is 0 Å². The molecule has 3 rings (SSSR count). The number of ether oxygens (including phenoxy) is 1. The number of carbonyl (C=O) groups is 1. The van der Waals surface area contributed by atoms with E-state index in [1.807, 2.05) is 30.6 Å². The molecular formula is C19H26ClF3N4O2. The third-order valence-electron chi connectivity index (χ3n) is 5.40. The number of carbonyl (C=O) groups excluding carboxylic acids is 1. The third kappa shape index (κ3) is 5.13. The van der Waals surface area contributed by atoms with E-state index in [0.29, 0.717) is 45.1 Å². The van der Waals surface area contributed by atoms with Crippen molar-refractivity contribution >= 4 is 23.3 Å². The quantitative estimate of drug-likeness (QED) is 0.732. The van der Waals surface area contributed by atoms with Crippen molar-refractivity contribution in [1.29, 1.82) is 0 Å². The molecule has 1 aromatic heterocycles. The van der Waals surface area contributed by atoms with Gasteiger partial charge in [-0.25, -0.2) is 4.98 Å². The molecule has 0 aromatic carbocycles. The molecule has 29 heavy (non-hydrogen) atoms. The van der Waals surface area contributed by atoms with Crippen molar-refractivity contribution in [2.75, 3.05) is 44.2 Å². The lowest BCUT2D eigenvalue weighted by Gasteiger charge is -2.41. The minimum Gasteiger partial charge on any atom is -0.372 e. The smallest absolute Gasteiger partial charge is 0.372 e. The van der Waals surface area contributed by atoms with E-state index in [0.717, 1.165) is 12.3 Å². The molecular weight excluding hydrogens is 409 g/mol. The lowest BCUT2D eigenvalue weighted by Crippen LogP contribution is -2.57. The number of aromatic nitrogens is 1. The van der Waals surface area contributed by atoms with Crippen LogP contribution in [-0.2, 0) is 15.7 Å². The summed E-state index contributed by atoms with van der Waals surface area (Å²) in [5.41, 5.74) is -0.863. The molecule has 1 amide bonds. The van der Waals surface area contributed by atoms with Crippen LogP contribution in [0.15, 0.2) is 12.3 Å². The van der Waals surface area contributed by atoms with E-state index in [2.05, 4.69) is 9.88 Å². The summed E-state index contributed by atoms with van der Waals surface area (Å²) >= 11 is 6.06. The molecule has 0 N–H and O–H groups in total. The number of morpholine rings is 1. The Morgan fingerprint density at radius 2 is 1.79 bits per heavy atom. The number of piperazine rings is 1. The third-order valence-corrected chi connectivity index (χ3v) is 5.68. The number of amides is 1. The molecule has 10 heteroatoms. The van der Waals surface area contributed by atoms with Crippen LogP contribution >= 0.6 is 11.6 Å². The zero-order valence-corrected chi connectivity index (χ0v) is 17.5. The molecule has 162 valence electrons. The van der Waals surface area contributed by atoms with Gasteiger partial charge in [-0.05, 0) is 26.8 Å². The fourth-order valence-corrected chi connectivity index (χ4v) is 4.20. The molecule has 1 aromatic rings. The van der Waals surface area contributed by atoms with E-state index in [1.54, 1.807) is 0 Å². The van der Waals surface area contributed by atoms with E-state index in [1.165, 1.54) is 0 Å². The molecule has 0 aliphatic carbocycles. The highest BCUT2D eigenvalue weighted by molar-refractivity contribution is 6.33. The van der Waals surface area contributed by atoms with Crippen molar-refractivity contribution in [3.63, 3.8) is 0 Å². The Labute approximate surface area is 173 Å². The Balaban J connectivity index is 1.59. The summed E-state index contributed by atoms with van der Waals surface area (Å²) in [6.07, 6.45) is -3.64. The van der Waals surface area contributed by atoms with Crippen molar-refractivity contribution in [1.82, 2.24) is 14.8 Å². The maximum atomic E-state index is 12.9. The number of rotatable bonds is 3. The fourth-order valence-electron chi connectivity index (χ4n) is 3.92. The van der Waals surface area contributed by atoms with Crippen molar-refractivity contribution in [3.05, 3.63) is 22.8 Å². The average Bonchev–Trinajstić information content (AvgIpc) is 2.65. The van der Waals surface area contributed by atoms with Gasteiger partial charge in [0.1, 0.15) is 5.82 Å². The van der Waals surface area contributed by atoms with Gasteiger partial charge in [-0.2, -0.15) is 13.2 Å². The van der Waals surface area contributed by atoms with Crippen LogP contribution in [-0.4, -0.2) is 78.2 Å². The highest BCUT2D eigenvalue weighted by Gasteiger charge is 2.34. The van der Waals surface area contributed by atoms with Crippen molar-refractivity contribution in [2.45, 2.75) is 45.2 Å². The Morgan fingerprint density at radius 1 is 1.21 bits per heavy atom. The summed E-state index contributed by atoms with van der Waals surface area (Å²) in [5, 5.41) is -0.0197. The highest BCUT2D eigenvalue weighted by Crippen LogP contribution is 2.33. The number of halogens is 4. The van der Waals surface area contributed by atoms with Crippen molar-refractivity contribution < 1.29 is 22.7 Å². The zero-order valence-electron chi connectivity index (χ0n) is 16.7. The first-order valence-electron chi connectivity index (χ1n) is 9.72. The molecule has 0 radical (unpaired) electrons. The molecule has 0 unspecified atom stereocenters. The number of pyridine rings is 1. The number of hydrogen-bond acceptors (Lipinski definition) is 5. The predicted molar refractivity (Wildman–Crippen MR) is 104 cm³/mol. The Hall–Kier alpha value is -1.58. The van der Waals surface area contributed by atoms with E-state index in [9.17, 15) is 18.0 Å². The minimum atomic E-state index is -4.47. The molecule has 6 nitrogen and oxygen atoms in total. The molecule has 2 saturated heterocycles. The zero-order chi connectivity index (χ0) is 21.3. The van der Waals surface area contributed by atoms with Gasteiger partial charge in [0.25, 0.3) is 0 Å². The Bertz CT molecular complexity index is 731. The molecule has 2 fully saturated rings. The molecule has 0 bridgehead atoms. The largest absolute Gasteiger partial charge is 0.417 e. The van der Waals surface area contributed by atoms with E-state index in [4.69, 9.17) is 16.3 Å². The van der Waals surface area contributed by atoms with Gasteiger partial charge in [-0.15, -0.1) is 0 Å². The van der Waals surface area contributed by atoms with Crippen LogP contribution in [0.5, 0.6) is 0 Å². The number of hydrogen-bond donors (Lipinski definition) is 0. The van der Waals surface area contributed by atoms with E-state index >= 15 is 0 Å². The van der Waals surface area contributed by atoms with Gasteiger partial charge in [-0.1, -0.05) is 11.6 Å². The Kier molecular flexibility index (Phi) is 6.60. The maximum absolute atomic E-state index is 12.9. The first-order valence-corrected chi connectivity index (χ1v) is 10.1. The van der Waals surface area contributed by atoms with Gasteiger partial charge in [0.05, 0.1) is 28.8 Å². The Morgan fingerprint density at radius 3 is 2.31 bits per heavy atom. The van der Waals surface area contributed by atoms with Crippen LogP contribution in [0.2, 0.25) is 5.02 Å².